The van der Waals surface area contributed by atoms with Gasteiger partial charge in [-0.3, -0.25) is 0 Å². The fourth-order valence-electron chi connectivity index (χ4n) is 2.98. The number of pyridine rings is 1. The molecule has 29 heavy (non-hydrogen) atoms. The second kappa shape index (κ2) is 8.40. The molecule has 0 spiro atoms. The molecule has 4 aromatic rings. The number of aromatic nitrogens is 3. The number of nitrogens with zero attached hydrogens (tertiary/aromatic N) is 3. The first-order valence-electron chi connectivity index (χ1n) is 8.98. The molecule has 2 N–H and O–H groups in total. The monoisotopic (exact) mass is 453 g/mol. The number of carbonyl (C=O) groups is 1. The number of fused-ring (bicyclic) bond motifs is 1. The summed E-state index contributed by atoms with van der Waals surface area (Å²) in [6, 6.07) is 16.9. The first-order chi connectivity index (χ1) is 14.1. The number of rotatable bonds is 5. The van der Waals surface area contributed by atoms with E-state index in [-0.39, 0.29) is 11.8 Å². The third-order valence-electron chi connectivity index (χ3n) is 4.33. The third-order valence-corrected chi connectivity index (χ3v) is 4.86. The van der Waals surface area contributed by atoms with E-state index in [1.165, 1.54) is 12.1 Å². The van der Waals surface area contributed by atoms with Gasteiger partial charge in [0.15, 0.2) is 5.65 Å². The number of benzene rings is 2. The van der Waals surface area contributed by atoms with Crippen LogP contribution in [0.2, 0.25) is 0 Å². The van der Waals surface area contributed by atoms with E-state index in [1.807, 2.05) is 41.0 Å². The van der Waals surface area contributed by atoms with Crippen molar-refractivity contribution in [1.29, 1.82) is 0 Å². The van der Waals surface area contributed by atoms with Crippen molar-refractivity contribution >= 4 is 38.8 Å². The van der Waals surface area contributed by atoms with Crippen LogP contribution >= 0.6 is 15.9 Å². The summed E-state index contributed by atoms with van der Waals surface area (Å²) in [5.41, 5.74) is 2.93. The molecule has 2 aromatic heterocycles. The summed E-state index contributed by atoms with van der Waals surface area (Å²) < 4.78 is 16.2. The molecule has 2 amide bonds. The first-order valence-corrected chi connectivity index (χ1v) is 9.77. The summed E-state index contributed by atoms with van der Waals surface area (Å²) in [5, 5.41) is 5.62. The molecule has 6 nitrogen and oxygen atoms in total. The second-order valence-electron chi connectivity index (χ2n) is 6.33. The van der Waals surface area contributed by atoms with E-state index in [0.29, 0.717) is 30.2 Å². The molecular formula is C21H17BrFN5O. The summed E-state index contributed by atoms with van der Waals surface area (Å²) >= 11 is 3.36. The van der Waals surface area contributed by atoms with Crippen LogP contribution in [-0.4, -0.2) is 27.1 Å². The van der Waals surface area contributed by atoms with Crippen molar-refractivity contribution in [3.8, 4) is 11.4 Å². The minimum absolute atomic E-state index is 0.298. The Balaban J connectivity index is 1.49. The smallest absolute Gasteiger partial charge is 0.319 e. The number of hydrogen-bond donors (Lipinski definition) is 2. The Hall–Kier alpha value is -3.26. The molecule has 0 saturated heterocycles. The van der Waals surface area contributed by atoms with Crippen LogP contribution in [-0.2, 0) is 6.54 Å². The number of amides is 2. The highest BCUT2D eigenvalue weighted by Gasteiger charge is 2.13. The number of nitrogens with one attached hydrogen (secondary N) is 2. The van der Waals surface area contributed by atoms with Gasteiger partial charge in [0.05, 0.1) is 0 Å². The fraction of sp³-hybridized carbons (Fsp3) is 0.0952. The number of urea groups is 1. The zero-order valence-corrected chi connectivity index (χ0v) is 16.9. The molecular weight excluding hydrogens is 437 g/mol. The number of carbonyl (C=O) groups excluding carboxylic acids is 1. The molecule has 4 rings (SSSR count). The van der Waals surface area contributed by atoms with Crippen LogP contribution in [0.1, 0.15) is 0 Å². The standard InChI is InChI=1S/C21H17BrFN5O/c22-15-5-9-17(10-6-15)26-21(29)25-12-13-28-19(14-3-7-16(23)8-4-14)27-18-2-1-11-24-20(18)28/h1-11H,12-13H2,(H2,25,26,29). The Morgan fingerprint density at radius 3 is 2.59 bits per heavy atom. The van der Waals surface area contributed by atoms with E-state index >= 15 is 0 Å². The van der Waals surface area contributed by atoms with Crippen LogP contribution in [0.25, 0.3) is 22.6 Å². The Bertz CT molecular complexity index is 1140. The zero-order chi connectivity index (χ0) is 20.2. The lowest BCUT2D eigenvalue weighted by atomic mass is 10.2. The largest absolute Gasteiger partial charge is 0.336 e. The molecule has 2 aromatic carbocycles. The van der Waals surface area contributed by atoms with Gasteiger partial charge < -0.3 is 15.2 Å². The summed E-state index contributed by atoms with van der Waals surface area (Å²) in [7, 11) is 0. The SMILES string of the molecule is O=C(NCCn1c(-c2ccc(F)cc2)nc2cccnc21)Nc1ccc(Br)cc1. The fourth-order valence-corrected chi connectivity index (χ4v) is 3.24. The second-order valence-corrected chi connectivity index (χ2v) is 7.24. The van der Waals surface area contributed by atoms with E-state index in [1.54, 1.807) is 18.3 Å². The number of hydrogen-bond acceptors (Lipinski definition) is 3. The van der Waals surface area contributed by atoms with E-state index in [4.69, 9.17) is 0 Å². The summed E-state index contributed by atoms with van der Waals surface area (Å²) in [4.78, 5) is 21.2. The van der Waals surface area contributed by atoms with Gasteiger partial charge in [0.2, 0.25) is 0 Å². The van der Waals surface area contributed by atoms with Crippen molar-refractivity contribution in [1.82, 2.24) is 19.9 Å². The highest BCUT2D eigenvalue weighted by molar-refractivity contribution is 9.10. The normalized spacial score (nSPS) is 10.8. The topological polar surface area (TPSA) is 71.8 Å². The van der Waals surface area contributed by atoms with E-state index < -0.39 is 0 Å². The highest BCUT2D eigenvalue weighted by Crippen LogP contribution is 2.23. The lowest BCUT2D eigenvalue weighted by molar-refractivity contribution is 0.251. The van der Waals surface area contributed by atoms with Crippen molar-refractivity contribution in [2.45, 2.75) is 6.54 Å². The van der Waals surface area contributed by atoms with Crippen LogP contribution in [0.15, 0.2) is 71.3 Å². The van der Waals surface area contributed by atoms with Gasteiger partial charge in [-0.15, -0.1) is 0 Å². The first kappa shape index (κ1) is 19.1. The molecule has 0 bridgehead atoms. The molecule has 0 aliphatic carbocycles. The number of imidazole rings is 1. The molecule has 0 aliphatic rings. The van der Waals surface area contributed by atoms with Crippen LogP contribution in [0.3, 0.4) is 0 Å². The van der Waals surface area contributed by atoms with Crippen LogP contribution in [0.4, 0.5) is 14.9 Å². The lowest BCUT2D eigenvalue weighted by Gasteiger charge is -2.11. The Morgan fingerprint density at radius 1 is 1.07 bits per heavy atom. The molecule has 0 radical (unpaired) electrons. The molecule has 0 atom stereocenters. The molecule has 2 heterocycles. The van der Waals surface area contributed by atoms with Crippen molar-refractivity contribution in [2.24, 2.45) is 0 Å². The van der Waals surface area contributed by atoms with Crippen molar-refractivity contribution in [3.63, 3.8) is 0 Å². The number of anilines is 1. The maximum absolute atomic E-state index is 13.3. The predicted molar refractivity (Wildman–Crippen MR) is 114 cm³/mol. The molecule has 0 fully saturated rings. The van der Waals surface area contributed by atoms with Crippen LogP contribution < -0.4 is 10.6 Å². The minimum Gasteiger partial charge on any atom is -0.336 e. The summed E-state index contributed by atoms with van der Waals surface area (Å²) in [6.07, 6.45) is 1.70. The molecule has 8 heteroatoms. The highest BCUT2D eigenvalue weighted by atomic mass is 79.9. The van der Waals surface area contributed by atoms with Gasteiger partial charge in [-0.1, -0.05) is 15.9 Å². The van der Waals surface area contributed by atoms with Gasteiger partial charge in [0, 0.05) is 35.0 Å². The average molecular weight is 454 g/mol. The van der Waals surface area contributed by atoms with E-state index in [0.717, 1.165) is 15.6 Å². The quantitative estimate of drug-likeness (QED) is 0.454. The lowest BCUT2D eigenvalue weighted by Crippen LogP contribution is -2.31. The van der Waals surface area contributed by atoms with Crippen molar-refractivity contribution in [2.75, 3.05) is 11.9 Å². The Labute approximate surface area is 174 Å². The molecule has 0 unspecified atom stereocenters. The van der Waals surface area contributed by atoms with Crippen molar-refractivity contribution < 1.29 is 9.18 Å². The van der Waals surface area contributed by atoms with E-state index in [9.17, 15) is 9.18 Å². The van der Waals surface area contributed by atoms with Crippen LogP contribution in [0.5, 0.6) is 0 Å². The maximum Gasteiger partial charge on any atom is 0.319 e. The van der Waals surface area contributed by atoms with Crippen LogP contribution in [0, 0.1) is 5.82 Å². The minimum atomic E-state index is -0.305. The van der Waals surface area contributed by atoms with Crippen molar-refractivity contribution in [3.05, 3.63) is 77.2 Å². The van der Waals surface area contributed by atoms with Gasteiger partial charge in [0.1, 0.15) is 17.2 Å². The summed E-state index contributed by atoms with van der Waals surface area (Å²) in [5.74, 6) is 0.370. The van der Waals surface area contributed by atoms with Gasteiger partial charge in [-0.25, -0.2) is 19.2 Å². The third kappa shape index (κ3) is 4.43. The molecule has 146 valence electrons. The molecule has 0 saturated carbocycles. The maximum atomic E-state index is 13.3. The van der Waals surface area contributed by atoms with Gasteiger partial charge in [0.25, 0.3) is 0 Å². The molecule has 0 aliphatic heterocycles. The Kier molecular flexibility index (Phi) is 5.53. The average Bonchev–Trinajstić information content (AvgIpc) is 3.09. The zero-order valence-electron chi connectivity index (χ0n) is 15.3. The summed E-state index contributed by atoms with van der Waals surface area (Å²) in [6.45, 7) is 0.840. The van der Waals surface area contributed by atoms with Gasteiger partial charge >= 0.3 is 6.03 Å². The van der Waals surface area contributed by atoms with Gasteiger partial charge in [-0.05, 0) is 60.7 Å². The van der Waals surface area contributed by atoms with E-state index in [2.05, 4.69) is 36.5 Å². The number of halogens is 2. The Morgan fingerprint density at radius 2 is 1.83 bits per heavy atom. The van der Waals surface area contributed by atoms with Gasteiger partial charge in [-0.2, -0.15) is 0 Å². The predicted octanol–water partition coefficient (Wildman–Crippen LogP) is 4.82.